The number of rotatable bonds is 4. The SMILES string of the molecule is COC(=O)c1c(NC2CCC2)sc(C(C)=O)c1N. The van der Waals surface area contributed by atoms with Crippen LogP contribution in [0.2, 0.25) is 0 Å². The van der Waals surface area contributed by atoms with Crippen molar-refractivity contribution in [3.8, 4) is 0 Å². The maximum absolute atomic E-state index is 11.7. The zero-order valence-electron chi connectivity index (χ0n) is 10.4. The first-order chi connectivity index (χ1) is 8.54. The third-order valence-electron chi connectivity index (χ3n) is 3.09. The average molecular weight is 268 g/mol. The zero-order chi connectivity index (χ0) is 13.3. The van der Waals surface area contributed by atoms with Crippen LogP contribution in [0.25, 0.3) is 0 Å². The number of nitrogen functional groups attached to an aromatic ring is 1. The number of anilines is 2. The van der Waals surface area contributed by atoms with Crippen molar-refractivity contribution >= 4 is 33.8 Å². The lowest BCUT2D eigenvalue weighted by Crippen LogP contribution is -2.27. The van der Waals surface area contributed by atoms with E-state index in [2.05, 4.69) is 5.32 Å². The number of ether oxygens (including phenoxy) is 1. The number of nitrogens with one attached hydrogen (secondary N) is 1. The Kier molecular flexibility index (Phi) is 3.56. The molecule has 1 aliphatic carbocycles. The van der Waals surface area contributed by atoms with Crippen LogP contribution >= 0.6 is 11.3 Å². The van der Waals surface area contributed by atoms with Crippen LogP contribution in [0.5, 0.6) is 0 Å². The lowest BCUT2D eigenvalue weighted by molar-refractivity contribution is 0.0603. The molecule has 18 heavy (non-hydrogen) atoms. The lowest BCUT2D eigenvalue weighted by Gasteiger charge is -2.27. The van der Waals surface area contributed by atoms with Crippen LogP contribution in [0.1, 0.15) is 46.2 Å². The highest BCUT2D eigenvalue weighted by Gasteiger charge is 2.27. The molecule has 0 unspecified atom stereocenters. The average Bonchev–Trinajstić information content (AvgIpc) is 2.60. The predicted octanol–water partition coefficient (Wildman–Crippen LogP) is 2.28. The molecule has 3 N–H and O–H groups in total. The van der Waals surface area contributed by atoms with Gasteiger partial charge in [-0.15, -0.1) is 11.3 Å². The van der Waals surface area contributed by atoms with Gasteiger partial charge in [0.15, 0.2) is 5.78 Å². The van der Waals surface area contributed by atoms with Gasteiger partial charge in [-0.3, -0.25) is 4.79 Å². The van der Waals surface area contributed by atoms with Crippen molar-refractivity contribution in [1.82, 2.24) is 0 Å². The predicted molar refractivity (Wildman–Crippen MR) is 71.3 cm³/mol. The maximum Gasteiger partial charge on any atom is 0.343 e. The Bertz CT molecular complexity index is 492. The molecule has 0 aromatic carbocycles. The molecular weight excluding hydrogens is 252 g/mol. The summed E-state index contributed by atoms with van der Waals surface area (Å²) in [4.78, 5) is 23.6. The molecule has 98 valence electrons. The Morgan fingerprint density at radius 2 is 2.11 bits per heavy atom. The van der Waals surface area contributed by atoms with Crippen LogP contribution in [0.3, 0.4) is 0 Å². The molecule has 1 heterocycles. The van der Waals surface area contributed by atoms with Gasteiger partial charge in [0.05, 0.1) is 17.7 Å². The van der Waals surface area contributed by atoms with Crippen molar-refractivity contribution < 1.29 is 14.3 Å². The molecule has 1 aliphatic rings. The molecule has 1 saturated carbocycles. The quantitative estimate of drug-likeness (QED) is 0.646. The molecule has 2 rings (SSSR count). The van der Waals surface area contributed by atoms with E-state index in [9.17, 15) is 9.59 Å². The largest absolute Gasteiger partial charge is 0.465 e. The fraction of sp³-hybridized carbons (Fsp3) is 0.500. The van der Waals surface area contributed by atoms with Gasteiger partial charge >= 0.3 is 5.97 Å². The summed E-state index contributed by atoms with van der Waals surface area (Å²) in [6, 6.07) is 0.367. The van der Waals surface area contributed by atoms with Crippen LogP contribution in [-0.2, 0) is 4.74 Å². The van der Waals surface area contributed by atoms with Crippen molar-refractivity contribution in [2.45, 2.75) is 32.2 Å². The highest BCUT2D eigenvalue weighted by atomic mass is 32.1. The molecule has 1 aromatic rings. The van der Waals surface area contributed by atoms with Crippen molar-refractivity contribution in [1.29, 1.82) is 0 Å². The van der Waals surface area contributed by atoms with Crippen LogP contribution in [0, 0.1) is 0 Å². The minimum atomic E-state index is -0.502. The number of carbonyl (C=O) groups is 2. The van der Waals surface area contributed by atoms with E-state index in [0.717, 1.165) is 12.8 Å². The normalized spacial score (nSPS) is 15.0. The van der Waals surface area contributed by atoms with Gasteiger partial charge in [0.2, 0.25) is 0 Å². The third-order valence-corrected chi connectivity index (χ3v) is 4.33. The molecular formula is C12H16N2O3S. The van der Waals surface area contributed by atoms with E-state index >= 15 is 0 Å². The van der Waals surface area contributed by atoms with E-state index in [1.54, 1.807) is 0 Å². The van der Waals surface area contributed by atoms with E-state index in [-0.39, 0.29) is 11.5 Å². The Balaban J connectivity index is 2.38. The molecule has 0 bridgehead atoms. The molecule has 0 atom stereocenters. The first kappa shape index (κ1) is 12.9. The zero-order valence-corrected chi connectivity index (χ0v) is 11.2. The number of esters is 1. The summed E-state index contributed by atoms with van der Waals surface area (Å²) in [5, 5.41) is 3.91. The number of methoxy groups -OCH3 is 1. The number of hydrogen-bond acceptors (Lipinski definition) is 6. The third kappa shape index (κ3) is 2.20. The summed E-state index contributed by atoms with van der Waals surface area (Å²) in [6.07, 6.45) is 3.34. The highest BCUT2D eigenvalue weighted by Crippen LogP contribution is 2.38. The monoisotopic (exact) mass is 268 g/mol. The molecule has 0 amide bonds. The second-order valence-corrected chi connectivity index (χ2v) is 5.39. The topological polar surface area (TPSA) is 81.4 Å². The van der Waals surface area contributed by atoms with E-state index in [4.69, 9.17) is 10.5 Å². The molecule has 0 aliphatic heterocycles. The number of Topliss-reactive ketones (excluding diaryl/α,β-unsaturated/α-hetero) is 1. The highest BCUT2D eigenvalue weighted by molar-refractivity contribution is 7.19. The van der Waals surface area contributed by atoms with Gasteiger partial charge in [0, 0.05) is 13.0 Å². The van der Waals surface area contributed by atoms with E-state index in [1.165, 1.54) is 31.8 Å². The van der Waals surface area contributed by atoms with Crippen LogP contribution in [0.4, 0.5) is 10.7 Å². The van der Waals surface area contributed by atoms with Gasteiger partial charge in [-0.05, 0) is 19.3 Å². The van der Waals surface area contributed by atoms with Crippen LogP contribution in [0.15, 0.2) is 0 Å². The number of hydrogen-bond donors (Lipinski definition) is 2. The molecule has 6 heteroatoms. The summed E-state index contributed by atoms with van der Waals surface area (Å²) in [6.45, 7) is 1.44. The number of thiophene rings is 1. The summed E-state index contributed by atoms with van der Waals surface area (Å²) in [7, 11) is 1.31. The smallest absolute Gasteiger partial charge is 0.343 e. The summed E-state index contributed by atoms with van der Waals surface area (Å²) >= 11 is 1.23. The van der Waals surface area contributed by atoms with E-state index in [1.807, 2.05) is 0 Å². The number of carbonyl (C=O) groups excluding carboxylic acids is 2. The van der Waals surface area contributed by atoms with Gasteiger partial charge in [-0.1, -0.05) is 0 Å². The Morgan fingerprint density at radius 1 is 1.44 bits per heavy atom. The maximum atomic E-state index is 11.7. The summed E-state index contributed by atoms with van der Waals surface area (Å²) in [5.74, 6) is -0.637. The van der Waals surface area contributed by atoms with Crippen LogP contribution in [-0.4, -0.2) is 24.9 Å². The first-order valence-corrected chi connectivity index (χ1v) is 6.64. The molecule has 0 spiro atoms. The Morgan fingerprint density at radius 3 is 2.56 bits per heavy atom. The molecule has 0 radical (unpaired) electrons. The standard InChI is InChI=1S/C12H16N2O3S/c1-6(15)10-9(13)8(12(16)17-2)11(18-10)14-7-4-3-5-7/h7,14H,3-5,13H2,1-2H3. The van der Waals surface area contributed by atoms with Crippen LogP contribution < -0.4 is 11.1 Å². The van der Waals surface area contributed by atoms with Gasteiger partial charge < -0.3 is 15.8 Å². The van der Waals surface area contributed by atoms with E-state index in [0.29, 0.717) is 21.5 Å². The van der Waals surface area contributed by atoms with Crippen molar-refractivity contribution in [2.24, 2.45) is 0 Å². The first-order valence-electron chi connectivity index (χ1n) is 5.82. The fourth-order valence-electron chi connectivity index (χ4n) is 1.85. The molecule has 1 aromatic heterocycles. The number of nitrogens with two attached hydrogens (primary N) is 1. The molecule has 5 nitrogen and oxygen atoms in total. The Hall–Kier alpha value is -1.56. The van der Waals surface area contributed by atoms with Gasteiger partial charge in [-0.25, -0.2) is 4.79 Å². The molecule has 0 saturated heterocycles. The minimum Gasteiger partial charge on any atom is -0.465 e. The van der Waals surface area contributed by atoms with Crippen molar-refractivity contribution in [2.75, 3.05) is 18.2 Å². The molecule has 1 fully saturated rings. The summed E-state index contributed by atoms with van der Waals surface area (Å²) in [5.41, 5.74) is 6.38. The van der Waals surface area contributed by atoms with E-state index < -0.39 is 5.97 Å². The number of ketones is 1. The van der Waals surface area contributed by atoms with Gasteiger partial charge in [0.25, 0.3) is 0 Å². The van der Waals surface area contributed by atoms with Crippen molar-refractivity contribution in [3.63, 3.8) is 0 Å². The van der Waals surface area contributed by atoms with Crippen molar-refractivity contribution in [3.05, 3.63) is 10.4 Å². The fourth-order valence-corrected chi connectivity index (χ4v) is 2.93. The second-order valence-electron chi connectivity index (χ2n) is 4.37. The Labute approximate surface area is 109 Å². The van der Waals surface area contributed by atoms with Gasteiger partial charge in [-0.2, -0.15) is 0 Å². The minimum absolute atomic E-state index is 0.135. The summed E-state index contributed by atoms with van der Waals surface area (Å²) < 4.78 is 4.72. The van der Waals surface area contributed by atoms with Gasteiger partial charge in [0.1, 0.15) is 10.6 Å². The lowest BCUT2D eigenvalue weighted by atomic mass is 9.93. The second kappa shape index (κ2) is 4.97.